The number of anilines is 2. The number of aromatic nitrogens is 2. The largest absolute Gasteiger partial charge is 0.367 e. The molecule has 1 aliphatic rings. The lowest BCUT2D eigenvalue weighted by atomic mass is 10.00. The van der Waals surface area contributed by atoms with Gasteiger partial charge in [0, 0.05) is 20.1 Å². The van der Waals surface area contributed by atoms with Gasteiger partial charge in [-0.05, 0) is 17.5 Å². The minimum absolute atomic E-state index is 0.0700. The zero-order chi connectivity index (χ0) is 14.8. The summed E-state index contributed by atoms with van der Waals surface area (Å²) in [7, 11) is 1.62. The molecule has 108 valence electrons. The summed E-state index contributed by atoms with van der Waals surface area (Å²) in [6.45, 7) is 1.33. The molecule has 3 rings (SSSR count). The van der Waals surface area contributed by atoms with Gasteiger partial charge in [0.2, 0.25) is 11.6 Å². The van der Waals surface area contributed by atoms with Crippen molar-refractivity contribution in [3.05, 3.63) is 51.8 Å². The molecule has 0 saturated heterocycles. The summed E-state index contributed by atoms with van der Waals surface area (Å²) >= 11 is 0. The van der Waals surface area contributed by atoms with E-state index in [2.05, 4.69) is 21.4 Å². The summed E-state index contributed by atoms with van der Waals surface area (Å²) in [6.07, 6.45) is 2.21. The van der Waals surface area contributed by atoms with E-state index in [1.54, 1.807) is 7.05 Å². The van der Waals surface area contributed by atoms with Crippen molar-refractivity contribution in [1.82, 2.24) is 9.97 Å². The number of nitro groups is 1. The number of benzene rings is 1. The summed E-state index contributed by atoms with van der Waals surface area (Å²) in [5, 5.41) is 14.1. The van der Waals surface area contributed by atoms with Crippen molar-refractivity contribution in [1.29, 1.82) is 0 Å². The van der Waals surface area contributed by atoms with Crippen LogP contribution in [0.25, 0.3) is 0 Å². The fourth-order valence-corrected chi connectivity index (χ4v) is 2.63. The standard InChI is InChI=1S/C14H15N5O2/c1-15-13-12(19(20)21)14(17-9-16-13)18-7-6-10-4-2-3-5-11(10)8-18/h2-5,9H,6-8H2,1H3,(H,15,16,17). The van der Waals surface area contributed by atoms with Gasteiger partial charge in [-0.1, -0.05) is 24.3 Å². The van der Waals surface area contributed by atoms with Crippen LogP contribution in [0.1, 0.15) is 11.1 Å². The zero-order valence-corrected chi connectivity index (χ0v) is 11.6. The summed E-state index contributed by atoms with van der Waals surface area (Å²) in [5.41, 5.74) is 2.40. The van der Waals surface area contributed by atoms with Gasteiger partial charge < -0.3 is 10.2 Å². The zero-order valence-electron chi connectivity index (χ0n) is 11.6. The van der Waals surface area contributed by atoms with Crippen LogP contribution in [0.5, 0.6) is 0 Å². The van der Waals surface area contributed by atoms with Crippen molar-refractivity contribution >= 4 is 17.3 Å². The van der Waals surface area contributed by atoms with E-state index in [1.807, 2.05) is 23.1 Å². The quantitative estimate of drug-likeness (QED) is 0.685. The van der Waals surface area contributed by atoms with Crippen LogP contribution in [0.15, 0.2) is 30.6 Å². The molecule has 0 unspecified atom stereocenters. The van der Waals surface area contributed by atoms with Gasteiger partial charge in [0.25, 0.3) is 0 Å². The topological polar surface area (TPSA) is 84.2 Å². The Morgan fingerprint density at radius 3 is 2.76 bits per heavy atom. The average Bonchev–Trinajstić information content (AvgIpc) is 2.53. The Labute approximate surface area is 121 Å². The molecule has 0 aliphatic carbocycles. The Hall–Kier alpha value is -2.70. The van der Waals surface area contributed by atoms with Gasteiger partial charge in [-0.15, -0.1) is 0 Å². The molecule has 1 aromatic heterocycles. The first kappa shape index (κ1) is 13.3. The first-order chi connectivity index (χ1) is 10.2. The molecular formula is C14H15N5O2. The predicted molar refractivity (Wildman–Crippen MR) is 79.4 cm³/mol. The van der Waals surface area contributed by atoms with E-state index in [-0.39, 0.29) is 11.5 Å². The third kappa shape index (κ3) is 2.37. The second-order valence-electron chi connectivity index (χ2n) is 4.84. The van der Waals surface area contributed by atoms with E-state index in [0.717, 1.165) is 6.42 Å². The van der Waals surface area contributed by atoms with Gasteiger partial charge in [0.05, 0.1) is 4.92 Å². The molecule has 0 bridgehead atoms. The normalized spacial score (nSPS) is 13.7. The van der Waals surface area contributed by atoms with Crippen LogP contribution in [0.2, 0.25) is 0 Å². The van der Waals surface area contributed by atoms with Gasteiger partial charge in [-0.2, -0.15) is 0 Å². The Balaban J connectivity index is 2.01. The SMILES string of the molecule is CNc1ncnc(N2CCc3ccccc3C2)c1[N+](=O)[O-]. The molecule has 0 saturated carbocycles. The summed E-state index contributed by atoms with van der Waals surface area (Å²) in [5.74, 6) is 0.609. The smallest absolute Gasteiger partial charge is 0.353 e. The fraction of sp³-hybridized carbons (Fsp3) is 0.286. The summed E-state index contributed by atoms with van der Waals surface area (Å²) < 4.78 is 0. The number of nitrogens with one attached hydrogen (secondary N) is 1. The molecule has 1 aromatic carbocycles. The van der Waals surface area contributed by atoms with E-state index in [1.165, 1.54) is 17.5 Å². The minimum atomic E-state index is -0.429. The maximum Gasteiger partial charge on any atom is 0.353 e. The van der Waals surface area contributed by atoms with E-state index in [0.29, 0.717) is 18.9 Å². The molecule has 7 heteroatoms. The van der Waals surface area contributed by atoms with Crippen molar-refractivity contribution in [3.8, 4) is 0 Å². The maximum absolute atomic E-state index is 11.3. The first-order valence-electron chi connectivity index (χ1n) is 6.69. The second-order valence-corrected chi connectivity index (χ2v) is 4.84. The van der Waals surface area contributed by atoms with Crippen LogP contribution in [0.4, 0.5) is 17.3 Å². The van der Waals surface area contributed by atoms with Crippen molar-refractivity contribution in [2.75, 3.05) is 23.8 Å². The van der Waals surface area contributed by atoms with Crippen LogP contribution in [-0.4, -0.2) is 28.5 Å². The lowest BCUT2D eigenvalue weighted by Crippen LogP contribution is -2.31. The highest BCUT2D eigenvalue weighted by Crippen LogP contribution is 2.34. The Bertz CT molecular complexity index is 689. The van der Waals surface area contributed by atoms with Crippen molar-refractivity contribution in [3.63, 3.8) is 0 Å². The first-order valence-corrected chi connectivity index (χ1v) is 6.69. The monoisotopic (exact) mass is 285 g/mol. The van der Waals surface area contributed by atoms with Crippen LogP contribution < -0.4 is 10.2 Å². The molecule has 2 aromatic rings. The van der Waals surface area contributed by atoms with E-state index in [4.69, 9.17) is 0 Å². The van der Waals surface area contributed by atoms with Gasteiger partial charge in [0.15, 0.2) is 0 Å². The molecule has 1 N–H and O–H groups in total. The number of nitrogens with zero attached hydrogens (tertiary/aromatic N) is 4. The lowest BCUT2D eigenvalue weighted by molar-refractivity contribution is -0.383. The average molecular weight is 285 g/mol. The van der Waals surface area contributed by atoms with Crippen LogP contribution in [-0.2, 0) is 13.0 Å². The van der Waals surface area contributed by atoms with Gasteiger partial charge in [-0.3, -0.25) is 10.1 Å². The van der Waals surface area contributed by atoms with Crippen LogP contribution in [0.3, 0.4) is 0 Å². The minimum Gasteiger partial charge on any atom is -0.367 e. The van der Waals surface area contributed by atoms with E-state index in [9.17, 15) is 10.1 Å². The van der Waals surface area contributed by atoms with Crippen molar-refractivity contribution in [2.24, 2.45) is 0 Å². The number of fused-ring (bicyclic) bond motifs is 1. The molecule has 0 radical (unpaired) electrons. The van der Waals surface area contributed by atoms with Gasteiger partial charge in [-0.25, -0.2) is 9.97 Å². The van der Waals surface area contributed by atoms with Crippen LogP contribution >= 0.6 is 0 Å². The highest BCUT2D eigenvalue weighted by molar-refractivity contribution is 5.70. The second kappa shape index (κ2) is 5.35. The molecule has 0 atom stereocenters. The Morgan fingerprint density at radius 2 is 2.05 bits per heavy atom. The summed E-state index contributed by atoms with van der Waals surface area (Å²) in [4.78, 5) is 20.9. The highest BCUT2D eigenvalue weighted by Gasteiger charge is 2.28. The van der Waals surface area contributed by atoms with E-state index < -0.39 is 4.92 Å². The third-order valence-electron chi connectivity index (χ3n) is 3.65. The maximum atomic E-state index is 11.3. The highest BCUT2D eigenvalue weighted by atomic mass is 16.6. The van der Waals surface area contributed by atoms with Gasteiger partial charge >= 0.3 is 5.69 Å². The molecule has 2 heterocycles. The lowest BCUT2D eigenvalue weighted by Gasteiger charge is -2.29. The molecule has 0 fully saturated rings. The molecule has 21 heavy (non-hydrogen) atoms. The molecule has 0 spiro atoms. The number of hydrogen-bond acceptors (Lipinski definition) is 6. The molecular weight excluding hydrogens is 270 g/mol. The fourth-order valence-electron chi connectivity index (χ4n) is 2.63. The Morgan fingerprint density at radius 1 is 1.29 bits per heavy atom. The van der Waals surface area contributed by atoms with Crippen molar-refractivity contribution in [2.45, 2.75) is 13.0 Å². The number of rotatable bonds is 3. The van der Waals surface area contributed by atoms with Gasteiger partial charge in [0.1, 0.15) is 6.33 Å². The van der Waals surface area contributed by atoms with Crippen LogP contribution in [0, 0.1) is 10.1 Å². The number of hydrogen-bond donors (Lipinski definition) is 1. The molecule has 0 amide bonds. The Kier molecular flexibility index (Phi) is 3.39. The summed E-state index contributed by atoms with van der Waals surface area (Å²) in [6, 6.07) is 8.14. The molecule has 1 aliphatic heterocycles. The predicted octanol–water partition coefficient (Wildman–Crippen LogP) is 1.99. The van der Waals surface area contributed by atoms with Crippen molar-refractivity contribution < 1.29 is 4.92 Å². The van der Waals surface area contributed by atoms with E-state index >= 15 is 0 Å². The third-order valence-corrected chi connectivity index (χ3v) is 3.65. The molecule has 7 nitrogen and oxygen atoms in total.